The van der Waals surface area contributed by atoms with Crippen LogP contribution in [0.1, 0.15) is 15.4 Å². The molecule has 3 heterocycles. The first-order valence-electron chi connectivity index (χ1n) is 8.45. The predicted molar refractivity (Wildman–Crippen MR) is 99.7 cm³/mol. The van der Waals surface area contributed by atoms with Gasteiger partial charge in [-0.25, -0.2) is 4.68 Å². The van der Waals surface area contributed by atoms with Crippen LogP contribution in [0.4, 0.5) is 5.69 Å². The SMILES string of the molecule is O=C(c1cn(Cc2cccs2)nn1)N1CCN(c2ccccc2O)CC1. The van der Waals surface area contributed by atoms with Crippen molar-refractivity contribution in [1.82, 2.24) is 19.9 Å². The second kappa shape index (κ2) is 7.17. The van der Waals surface area contributed by atoms with Gasteiger partial charge in [0.1, 0.15) is 5.75 Å². The smallest absolute Gasteiger partial charge is 0.276 e. The molecule has 0 unspecified atom stereocenters. The normalized spacial score (nSPS) is 14.6. The summed E-state index contributed by atoms with van der Waals surface area (Å²) >= 11 is 1.65. The highest BCUT2D eigenvalue weighted by atomic mass is 32.1. The van der Waals surface area contributed by atoms with E-state index in [0.29, 0.717) is 38.4 Å². The molecule has 1 N–H and O–H groups in total. The first-order chi connectivity index (χ1) is 12.7. The van der Waals surface area contributed by atoms with Gasteiger partial charge >= 0.3 is 0 Å². The van der Waals surface area contributed by atoms with Crippen molar-refractivity contribution in [3.8, 4) is 5.75 Å². The fourth-order valence-electron chi connectivity index (χ4n) is 3.08. The maximum atomic E-state index is 12.7. The van der Waals surface area contributed by atoms with Gasteiger partial charge in [0.2, 0.25) is 0 Å². The molecule has 0 atom stereocenters. The molecule has 0 saturated carbocycles. The number of hydrogen-bond donors (Lipinski definition) is 1. The van der Waals surface area contributed by atoms with Crippen LogP contribution < -0.4 is 4.90 Å². The summed E-state index contributed by atoms with van der Waals surface area (Å²) < 4.78 is 1.69. The van der Waals surface area contributed by atoms with Crippen LogP contribution in [0.2, 0.25) is 0 Å². The van der Waals surface area contributed by atoms with E-state index in [4.69, 9.17) is 0 Å². The second-order valence-corrected chi connectivity index (χ2v) is 7.18. The van der Waals surface area contributed by atoms with Gasteiger partial charge in [0.05, 0.1) is 18.4 Å². The van der Waals surface area contributed by atoms with Crippen molar-refractivity contribution in [3.63, 3.8) is 0 Å². The van der Waals surface area contributed by atoms with Gasteiger partial charge in [0.15, 0.2) is 5.69 Å². The Morgan fingerprint density at radius 1 is 1.12 bits per heavy atom. The molecule has 1 aromatic carbocycles. The van der Waals surface area contributed by atoms with Crippen LogP contribution in [0.25, 0.3) is 0 Å². The van der Waals surface area contributed by atoms with E-state index in [1.807, 2.05) is 29.6 Å². The molecule has 1 aliphatic heterocycles. The van der Waals surface area contributed by atoms with Crippen LogP contribution in [0.15, 0.2) is 48.0 Å². The number of rotatable bonds is 4. The number of amides is 1. The topological polar surface area (TPSA) is 74.5 Å². The van der Waals surface area contributed by atoms with E-state index >= 15 is 0 Å². The number of piperazine rings is 1. The molecular weight excluding hydrogens is 350 g/mol. The van der Waals surface area contributed by atoms with E-state index in [1.165, 1.54) is 4.88 Å². The molecule has 0 aliphatic carbocycles. The van der Waals surface area contributed by atoms with Crippen molar-refractivity contribution in [2.24, 2.45) is 0 Å². The predicted octanol–water partition coefficient (Wildman–Crippen LogP) is 2.06. The molecule has 0 bridgehead atoms. The van der Waals surface area contributed by atoms with Crippen molar-refractivity contribution in [2.45, 2.75) is 6.54 Å². The Kier molecular flexibility index (Phi) is 4.57. The molecule has 1 aliphatic rings. The first-order valence-corrected chi connectivity index (χ1v) is 9.33. The van der Waals surface area contributed by atoms with E-state index in [9.17, 15) is 9.90 Å². The molecular formula is C18H19N5O2S. The number of aromatic hydroxyl groups is 1. The molecule has 8 heteroatoms. The molecule has 4 rings (SSSR count). The van der Waals surface area contributed by atoms with Gasteiger partial charge in [0, 0.05) is 31.1 Å². The molecule has 7 nitrogen and oxygen atoms in total. The Labute approximate surface area is 155 Å². The number of benzene rings is 1. The van der Waals surface area contributed by atoms with Gasteiger partial charge in [-0.2, -0.15) is 0 Å². The monoisotopic (exact) mass is 369 g/mol. The molecule has 2 aromatic heterocycles. The molecule has 1 amide bonds. The highest BCUT2D eigenvalue weighted by molar-refractivity contribution is 7.09. The Morgan fingerprint density at radius 2 is 1.92 bits per heavy atom. The number of phenols is 1. The summed E-state index contributed by atoms with van der Waals surface area (Å²) in [5.74, 6) is 0.170. The highest BCUT2D eigenvalue weighted by Gasteiger charge is 2.25. The van der Waals surface area contributed by atoms with Gasteiger partial charge < -0.3 is 14.9 Å². The van der Waals surface area contributed by atoms with E-state index in [-0.39, 0.29) is 11.7 Å². The summed E-state index contributed by atoms with van der Waals surface area (Å²) in [7, 11) is 0. The third kappa shape index (κ3) is 3.41. The lowest BCUT2D eigenvalue weighted by Crippen LogP contribution is -2.48. The van der Waals surface area contributed by atoms with Crippen LogP contribution in [0.5, 0.6) is 5.75 Å². The number of aromatic nitrogens is 3. The lowest BCUT2D eigenvalue weighted by molar-refractivity contribution is 0.0740. The number of nitrogens with zero attached hydrogens (tertiary/aromatic N) is 5. The molecule has 0 spiro atoms. The van der Waals surface area contributed by atoms with Crippen molar-refractivity contribution in [2.75, 3.05) is 31.1 Å². The Balaban J connectivity index is 1.38. The van der Waals surface area contributed by atoms with Crippen LogP contribution in [0, 0.1) is 0 Å². The Hall–Kier alpha value is -2.87. The third-order valence-corrected chi connectivity index (χ3v) is 5.31. The first kappa shape index (κ1) is 16.6. The maximum Gasteiger partial charge on any atom is 0.276 e. The van der Waals surface area contributed by atoms with E-state index in [0.717, 1.165) is 5.69 Å². The summed E-state index contributed by atoms with van der Waals surface area (Å²) in [4.78, 5) is 17.7. The molecule has 0 radical (unpaired) electrons. The summed E-state index contributed by atoms with van der Waals surface area (Å²) in [6, 6.07) is 11.3. The average molecular weight is 369 g/mol. The van der Waals surface area contributed by atoms with E-state index in [1.54, 1.807) is 39.2 Å². The third-order valence-electron chi connectivity index (χ3n) is 4.45. The van der Waals surface area contributed by atoms with Gasteiger partial charge in [0.25, 0.3) is 5.91 Å². The minimum atomic E-state index is -0.0978. The number of anilines is 1. The standard InChI is InChI=1S/C18H19N5O2S/c24-17-6-2-1-5-16(17)21-7-9-22(10-8-21)18(25)15-13-23(20-19-15)12-14-4-3-11-26-14/h1-6,11,13,24H,7-10,12H2. The van der Waals surface area contributed by atoms with Crippen LogP contribution in [-0.4, -0.2) is 57.1 Å². The van der Waals surface area contributed by atoms with Crippen molar-refractivity contribution in [3.05, 3.63) is 58.5 Å². The minimum Gasteiger partial charge on any atom is -0.506 e. The number of carbonyl (C=O) groups is 1. The minimum absolute atomic E-state index is 0.0978. The summed E-state index contributed by atoms with van der Waals surface area (Å²) in [5, 5.41) is 20.1. The zero-order valence-corrected chi connectivity index (χ0v) is 15.0. The van der Waals surface area contributed by atoms with Crippen molar-refractivity contribution >= 4 is 22.9 Å². The molecule has 1 fully saturated rings. The molecule has 3 aromatic rings. The van der Waals surface area contributed by atoms with Crippen molar-refractivity contribution in [1.29, 1.82) is 0 Å². The quantitative estimate of drug-likeness (QED) is 0.762. The number of para-hydroxylation sites is 2. The van der Waals surface area contributed by atoms with Crippen LogP contribution >= 0.6 is 11.3 Å². The molecule has 1 saturated heterocycles. The van der Waals surface area contributed by atoms with Gasteiger partial charge in [-0.3, -0.25) is 4.79 Å². The van der Waals surface area contributed by atoms with Crippen LogP contribution in [0.3, 0.4) is 0 Å². The zero-order chi connectivity index (χ0) is 17.9. The fourth-order valence-corrected chi connectivity index (χ4v) is 3.78. The second-order valence-electron chi connectivity index (χ2n) is 6.15. The lowest BCUT2D eigenvalue weighted by atomic mass is 10.2. The van der Waals surface area contributed by atoms with E-state index in [2.05, 4.69) is 15.2 Å². The summed E-state index contributed by atoms with van der Waals surface area (Å²) in [6.07, 6.45) is 1.71. The summed E-state index contributed by atoms with van der Waals surface area (Å²) in [6.45, 7) is 3.15. The van der Waals surface area contributed by atoms with E-state index < -0.39 is 0 Å². The fraction of sp³-hybridized carbons (Fsp3) is 0.278. The van der Waals surface area contributed by atoms with Crippen LogP contribution in [-0.2, 0) is 6.54 Å². The zero-order valence-electron chi connectivity index (χ0n) is 14.2. The number of carbonyl (C=O) groups excluding carboxylic acids is 1. The van der Waals surface area contributed by atoms with Gasteiger partial charge in [-0.1, -0.05) is 23.4 Å². The Morgan fingerprint density at radius 3 is 2.65 bits per heavy atom. The van der Waals surface area contributed by atoms with Gasteiger partial charge in [-0.15, -0.1) is 16.4 Å². The largest absolute Gasteiger partial charge is 0.506 e. The lowest BCUT2D eigenvalue weighted by Gasteiger charge is -2.35. The van der Waals surface area contributed by atoms with Gasteiger partial charge in [-0.05, 0) is 23.6 Å². The highest BCUT2D eigenvalue weighted by Crippen LogP contribution is 2.27. The number of thiophene rings is 1. The summed E-state index contributed by atoms with van der Waals surface area (Å²) in [5.41, 5.74) is 1.18. The Bertz CT molecular complexity index is 885. The average Bonchev–Trinajstić information content (AvgIpc) is 3.34. The number of phenolic OH excluding ortho intramolecular Hbond substituents is 1. The molecule has 134 valence electrons. The maximum absolute atomic E-state index is 12.7. The van der Waals surface area contributed by atoms with Crippen molar-refractivity contribution < 1.29 is 9.90 Å². The molecule has 26 heavy (non-hydrogen) atoms. The number of hydrogen-bond acceptors (Lipinski definition) is 6.